The van der Waals surface area contributed by atoms with Gasteiger partial charge in [-0.15, -0.1) is 0 Å². The number of hydrogen-bond donors (Lipinski definition) is 1. The van der Waals surface area contributed by atoms with Crippen LogP contribution in [-0.4, -0.2) is 26.2 Å². The molecule has 2 rings (SSSR count). The second-order valence-corrected chi connectivity index (χ2v) is 5.48. The number of aryl methyl sites for hydroxylation is 2. The molecule has 0 atom stereocenters. The van der Waals surface area contributed by atoms with Crippen LogP contribution in [0, 0.1) is 13.8 Å². The highest BCUT2D eigenvalue weighted by Gasteiger charge is 2.19. The van der Waals surface area contributed by atoms with Crippen molar-refractivity contribution >= 4 is 21.8 Å². The quantitative estimate of drug-likeness (QED) is 0.794. The summed E-state index contributed by atoms with van der Waals surface area (Å²) in [5.41, 5.74) is 0.527. The van der Waals surface area contributed by atoms with Gasteiger partial charge in [0.05, 0.1) is 23.7 Å². The Kier molecular flexibility index (Phi) is 5.49. The van der Waals surface area contributed by atoms with Crippen LogP contribution < -0.4 is 14.8 Å². The highest BCUT2D eigenvalue weighted by molar-refractivity contribution is 9.10. The van der Waals surface area contributed by atoms with E-state index < -0.39 is 0 Å². The average molecular weight is 368 g/mol. The first-order chi connectivity index (χ1) is 10.5. The molecule has 1 amide bonds. The zero-order chi connectivity index (χ0) is 16.1. The maximum Gasteiger partial charge on any atom is 0.256 e. The summed E-state index contributed by atoms with van der Waals surface area (Å²) in [6.07, 6.45) is 0. The Morgan fingerprint density at radius 3 is 2.64 bits per heavy atom. The predicted molar refractivity (Wildman–Crippen MR) is 86.7 cm³/mol. The van der Waals surface area contributed by atoms with Gasteiger partial charge in [0.2, 0.25) is 0 Å². The molecule has 0 spiro atoms. The van der Waals surface area contributed by atoms with Gasteiger partial charge in [0.1, 0.15) is 29.6 Å². The van der Waals surface area contributed by atoms with Crippen LogP contribution >= 0.6 is 15.9 Å². The predicted octanol–water partition coefficient (Wildman–Crippen LogP) is 3.48. The topological polar surface area (TPSA) is 60.7 Å². The van der Waals surface area contributed by atoms with Crippen molar-refractivity contribution in [2.45, 2.75) is 13.8 Å². The van der Waals surface area contributed by atoms with Gasteiger partial charge in [-0.25, -0.2) is 0 Å². The van der Waals surface area contributed by atoms with Gasteiger partial charge in [-0.05, 0) is 41.9 Å². The van der Waals surface area contributed by atoms with Crippen LogP contribution in [0.25, 0.3) is 0 Å². The number of benzene rings is 1. The number of carbonyl (C=O) groups excluding carboxylic acids is 1. The molecule has 1 aromatic carbocycles. The fourth-order valence-corrected chi connectivity index (χ4v) is 2.57. The highest BCUT2D eigenvalue weighted by Crippen LogP contribution is 2.27. The lowest BCUT2D eigenvalue weighted by Crippen LogP contribution is -2.28. The van der Waals surface area contributed by atoms with E-state index in [0.717, 1.165) is 5.75 Å². The van der Waals surface area contributed by atoms with E-state index in [2.05, 4.69) is 21.2 Å². The third-order valence-corrected chi connectivity index (χ3v) is 4.07. The molecule has 0 aliphatic heterocycles. The van der Waals surface area contributed by atoms with Gasteiger partial charge in [-0.3, -0.25) is 4.79 Å². The largest absolute Gasteiger partial charge is 0.497 e. The van der Waals surface area contributed by atoms with E-state index in [-0.39, 0.29) is 5.91 Å². The highest BCUT2D eigenvalue weighted by atomic mass is 79.9. The summed E-state index contributed by atoms with van der Waals surface area (Å²) in [7, 11) is 1.60. The molecule has 5 nitrogen and oxygen atoms in total. The summed E-state index contributed by atoms with van der Waals surface area (Å²) in [5.74, 6) is 2.53. The minimum absolute atomic E-state index is 0.185. The van der Waals surface area contributed by atoms with Crippen LogP contribution in [0.4, 0.5) is 0 Å². The molecule has 0 saturated carbocycles. The van der Waals surface area contributed by atoms with E-state index in [1.54, 1.807) is 27.0 Å². The van der Waals surface area contributed by atoms with E-state index in [1.807, 2.05) is 18.2 Å². The molecule has 0 bridgehead atoms. The Bertz CT molecular complexity index is 666. The van der Waals surface area contributed by atoms with Crippen molar-refractivity contribution in [1.82, 2.24) is 5.32 Å². The summed E-state index contributed by atoms with van der Waals surface area (Å²) >= 11 is 3.36. The number of nitrogens with one attached hydrogen (secondary N) is 1. The Labute approximate surface area is 137 Å². The van der Waals surface area contributed by atoms with Crippen molar-refractivity contribution in [1.29, 1.82) is 0 Å². The molecule has 0 saturated heterocycles. The number of hydrogen-bond acceptors (Lipinski definition) is 4. The first-order valence-corrected chi connectivity index (χ1v) is 7.62. The van der Waals surface area contributed by atoms with E-state index in [9.17, 15) is 4.79 Å². The molecule has 1 heterocycles. The van der Waals surface area contributed by atoms with Crippen molar-refractivity contribution in [3.63, 3.8) is 0 Å². The van der Waals surface area contributed by atoms with Crippen LogP contribution in [-0.2, 0) is 0 Å². The zero-order valence-corrected chi connectivity index (χ0v) is 14.3. The van der Waals surface area contributed by atoms with Gasteiger partial charge in [-0.1, -0.05) is 6.07 Å². The van der Waals surface area contributed by atoms with Crippen molar-refractivity contribution in [2.24, 2.45) is 0 Å². The molecule has 118 valence electrons. The normalized spacial score (nSPS) is 10.4. The van der Waals surface area contributed by atoms with Gasteiger partial charge in [0, 0.05) is 6.07 Å². The van der Waals surface area contributed by atoms with Crippen LogP contribution in [0.2, 0.25) is 0 Å². The third-order valence-electron chi connectivity index (χ3n) is 3.11. The van der Waals surface area contributed by atoms with Crippen LogP contribution in [0.5, 0.6) is 11.5 Å². The van der Waals surface area contributed by atoms with Gasteiger partial charge in [-0.2, -0.15) is 0 Å². The first-order valence-electron chi connectivity index (χ1n) is 6.83. The molecule has 0 radical (unpaired) electrons. The maximum absolute atomic E-state index is 12.1. The minimum atomic E-state index is -0.185. The molecule has 0 aliphatic carbocycles. The Balaban J connectivity index is 1.84. The lowest BCUT2D eigenvalue weighted by atomic mass is 10.2. The van der Waals surface area contributed by atoms with Gasteiger partial charge >= 0.3 is 0 Å². The number of carbonyl (C=O) groups is 1. The lowest BCUT2D eigenvalue weighted by Gasteiger charge is -2.08. The molecule has 0 fully saturated rings. The third kappa shape index (κ3) is 3.82. The molecular formula is C16H18BrNO4. The monoisotopic (exact) mass is 367 g/mol. The Morgan fingerprint density at radius 1 is 1.27 bits per heavy atom. The van der Waals surface area contributed by atoms with Crippen molar-refractivity contribution in [3.05, 3.63) is 45.8 Å². The van der Waals surface area contributed by atoms with E-state index in [1.165, 1.54) is 0 Å². The standard InChI is InChI=1S/C16H18BrNO4/c1-10-14(15(17)11(2)22-10)16(19)18-7-8-21-13-6-4-5-12(9-13)20-3/h4-6,9H,7-8H2,1-3H3,(H,18,19). The smallest absolute Gasteiger partial charge is 0.256 e. The summed E-state index contributed by atoms with van der Waals surface area (Å²) in [4.78, 5) is 12.1. The Morgan fingerprint density at radius 2 is 2.00 bits per heavy atom. The average Bonchev–Trinajstić information content (AvgIpc) is 2.76. The molecule has 0 aliphatic rings. The molecule has 0 unspecified atom stereocenters. The summed E-state index contributed by atoms with van der Waals surface area (Å²) in [6, 6.07) is 7.32. The summed E-state index contributed by atoms with van der Waals surface area (Å²) in [5, 5.41) is 2.81. The molecule has 1 N–H and O–H groups in total. The SMILES string of the molecule is COc1cccc(OCCNC(=O)c2c(C)oc(C)c2Br)c1. The number of ether oxygens (including phenoxy) is 2. The van der Waals surface area contributed by atoms with Crippen LogP contribution in [0.15, 0.2) is 33.2 Å². The van der Waals surface area contributed by atoms with Crippen LogP contribution in [0.1, 0.15) is 21.9 Å². The van der Waals surface area contributed by atoms with Crippen molar-refractivity contribution in [2.75, 3.05) is 20.3 Å². The molecule has 2 aromatic rings. The number of amides is 1. The molecule has 6 heteroatoms. The van der Waals surface area contributed by atoms with Crippen molar-refractivity contribution in [3.8, 4) is 11.5 Å². The second kappa shape index (κ2) is 7.35. The summed E-state index contributed by atoms with van der Waals surface area (Å²) in [6.45, 7) is 4.33. The molecule has 1 aromatic heterocycles. The fourth-order valence-electron chi connectivity index (χ4n) is 2.03. The van der Waals surface area contributed by atoms with Gasteiger partial charge < -0.3 is 19.2 Å². The summed E-state index contributed by atoms with van der Waals surface area (Å²) < 4.78 is 16.8. The lowest BCUT2D eigenvalue weighted by molar-refractivity contribution is 0.0945. The van der Waals surface area contributed by atoms with Crippen LogP contribution in [0.3, 0.4) is 0 Å². The second-order valence-electron chi connectivity index (χ2n) is 4.69. The molecular weight excluding hydrogens is 350 g/mol. The first kappa shape index (κ1) is 16.4. The zero-order valence-electron chi connectivity index (χ0n) is 12.7. The number of halogens is 1. The van der Waals surface area contributed by atoms with E-state index >= 15 is 0 Å². The number of methoxy groups -OCH3 is 1. The Hall–Kier alpha value is -1.95. The number of furan rings is 1. The van der Waals surface area contributed by atoms with E-state index in [0.29, 0.717) is 40.5 Å². The fraction of sp³-hybridized carbons (Fsp3) is 0.312. The van der Waals surface area contributed by atoms with E-state index in [4.69, 9.17) is 13.9 Å². The minimum Gasteiger partial charge on any atom is -0.497 e. The maximum atomic E-state index is 12.1. The number of rotatable bonds is 6. The molecule has 22 heavy (non-hydrogen) atoms. The van der Waals surface area contributed by atoms with Crippen molar-refractivity contribution < 1.29 is 18.7 Å². The van der Waals surface area contributed by atoms with Gasteiger partial charge in [0.25, 0.3) is 5.91 Å². The van der Waals surface area contributed by atoms with Gasteiger partial charge in [0.15, 0.2) is 0 Å².